The number of hydrogen-bond donors (Lipinski definition) is 1. The van der Waals surface area contributed by atoms with E-state index in [1.165, 1.54) is 11.0 Å². The maximum atomic E-state index is 14.8. The van der Waals surface area contributed by atoms with E-state index in [0.29, 0.717) is 57.3 Å². The molecule has 1 N–H and O–H groups in total. The highest BCUT2D eigenvalue weighted by molar-refractivity contribution is 5.90. The number of rotatable bonds is 10. The van der Waals surface area contributed by atoms with E-state index >= 15 is 0 Å². The fourth-order valence-electron chi connectivity index (χ4n) is 4.12. The standard InChI is InChI=1S/C22H31FN6O4/c1-26(7-10-30)6-2-3-17-14-28(25-24-17)15-19-16-29(22(31)33-19)18-4-5-21(20(23)13-18)27-8-11-32-12-9-27/h4-5,13-14,19,30H,2-3,6-12,15-16H2,1H3. The molecule has 2 fully saturated rings. The van der Waals surface area contributed by atoms with Crippen molar-refractivity contribution in [2.24, 2.45) is 0 Å². The lowest BCUT2D eigenvalue weighted by atomic mass is 10.2. The number of aromatic nitrogens is 3. The zero-order valence-electron chi connectivity index (χ0n) is 18.9. The van der Waals surface area contributed by atoms with E-state index in [4.69, 9.17) is 14.6 Å². The molecule has 1 aromatic carbocycles. The van der Waals surface area contributed by atoms with Gasteiger partial charge in [-0.05, 0) is 44.6 Å². The molecule has 1 amide bonds. The average Bonchev–Trinajstić information content (AvgIpc) is 3.40. The second kappa shape index (κ2) is 10.9. The molecule has 2 aliphatic heterocycles. The predicted molar refractivity (Wildman–Crippen MR) is 120 cm³/mol. The van der Waals surface area contributed by atoms with Crippen LogP contribution in [0.25, 0.3) is 0 Å². The molecule has 0 aliphatic carbocycles. The molecule has 0 saturated carbocycles. The molecule has 0 spiro atoms. The summed E-state index contributed by atoms with van der Waals surface area (Å²) in [4.78, 5) is 17.9. The monoisotopic (exact) mass is 462 g/mol. The van der Waals surface area contributed by atoms with Crippen LogP contribution in [0.15, 0.2) is 24.4 Å². The average molecular weight is 463 g/mol. The summed E-state index contributed by atoms with van der Waals surface area (Å²) in [6, 6.07) is 4.84. The van der Waals surface area contributed by atoms with Gasteiger partial charge >= 0.3 is 6.09 Å². The Labute approximate surface area is 192 Å². The summed E-state index contributed by atoms with van der Waals surface area (Å²) in [5, 5.41) is 17.3. The van der Waals surface area contributed by atoms with Crippen molar-refractivity contribution in [3.63, 3.8) is 0 Å². The number of carbonyl (C=O) groups excluding carboxylic acids is 1. The first-order valence-electron chi connectivity index (χ1n) is 11.3. The maximum Gasteiger partial charge on any atom is 0.414 e. The number of likely N-dealkylation sites (N-methyl/N-ethyl adjacent to an activating group) is 1. The molecule has 10 nitrogen and oxygen atoms in total. The molecule has 33 heavy (non-hydrogen) atoms. The number of morpholine rings is 1. The first-order valence-corrected chi connectivity index (χ1v) is 11.3. The number of cyclic esters (lactones) is 1. The van der Waals surface area contributed by atoms with Crippen LogP contribution in [0, 0.1) is 5.82 Å². The number of ether oxygens (including phenoxy) is 2. The van der Waals surface area contributed by atoms with Gasteiger partial charge in [-0.3, -0.25) is 4.90 Å². The Bertz CT molecular complexity index is 935. The Kier molecular flexibility index (Phi) is 7.73. The number of anilines is 2. The molecule has 11 heteroatoms. The highest BCUT2D eigenvalue weighted by Crippen LogP contribution is 2.28. The van der Waals surface area contributed by atoms with Crippen molar-refractivity contribution in [2.75, 3.05) is 69.4 Å². The highest BCUT2D eigenvalue weighted by atomic mass is 19.1. The second-order valence-electron chi connectivity index (χ2n) is 8.41. The van der Waals surface area contributed by atoms with Crippen LogP contribution in [0.3, 0.4) is 0 Å². The van der Waals surface area contributed by atoms with E-state index < -0.39 is 12.2 Å². The van der Waals surface area contributed by atoms with Gasteiger partial charge in [-0.1, -0.05) is 5.21 Å². The Morgan fingerprint density at radius 1 is 1.27 bits per heavy atom. The van der Waals surface area contributed by atoms with Gasteiger partial charge in [0.25, 0.3) is 0 Å². The van der Waals surface area contributed by atoms with Crippen molar-refractivity contribution in [2.45, 2.75) is 25.5 Å². The van der Waals surface area contributed by atoms with E-state index in [1.807, 2.05) is 18.1 Å². The molecular formula is C22H31FN6O4. The van der Waals surface area contributed by atoms with Crippen molar-refractivity contribution in [1.29, 1.82) is 0 Å². The molecule has 0 bridgehead atoms. The van der Waals surface area contributed by atoms with E-state index in [1.54, 1.807) is 16.8 Å². The molecule has 0 radical (unpaired) electrons. The van der Waals surface area contributed by atoms with Crippen molar-refractivity contribution in [3.8, 4) is 0 Å². The van der Waals surface area contributed by atoms with Crippen LogP contribution in [0.1, 0.15) is 12.1 Å². The van der Waals surface area contributed by atoms with Crippen LogP contribution >= 0.6 is 0 Å². The number of carbonyl (C=O) groups is 1. The third-order valence-electron chi connectivity index (χ3n) is 5.90. The van der Waals surface area contributed by atoms with Gasteiger partial charge in [0.1, 0.15) is 11.9 Å². The lowest BCUT2D eigenvalue weighted by Crippen LogP contribution is -2.36. The number of benzene rings is 1. The van der Waals surface area contributed by atoms with Gasteiger partial charge in [0.05, 0.1) is 50.0 Å². The Morgan fingerprint density at radius 3 is 2.85 bits per heavy atom. The van der Waals surface area contributed by atoms with Crippen LogP contribution in [-0.4, -0.2) is 96.8 Å². The molecule has 3 heterocycles. The number of aryl methyl sites for hydroxylation is 1. The molecule has 2 aromatic rings. The molecule has 1 unspecified atom stereocenters. The minimum atomic E-state index is -0.495. The van der Waals surface area contributed by atoms with Gasteiger partial charge in [-0.15, -0.1) is 5.10 Å². The zero-order chi connectivity index (χ0) is 23.2. The van der Waals surface area contributed by atoms with Crippen molar-refractivity contribution < 1.29 is 23.8 Å². The summed E-state index contributed by atoms with van der Waals surface area (Å²) in [5.74, 6) is -0.365. The second-order valence-corrected chi connectivity index (χ2v) is 8.41. The summed E-state index contributed by atoms with van der Waals surface area (Å²) in [5.41, 5.74) is 1.86. The number of aliphatic hydroxyl groups is 1. The van der Waals surface area contributed by atoms with E-state index in [-0.39, 0.29) is 12.4 Å². The van der Waals surface area contributed by atoms with Gasteiger partial charge in [0, 0.05) is 25.8 Å². The van der Waals surface area contributed by atoms with Crippen molar-refractivity contribution in [3.05, 3.63) is 35.9 Å². The van der Waals surface area contributed by atoms with Gasteiger partial charge in [0.2, 0.25) is 0 Å². The number of nitrogens with zero attached hydrogens (tertiary/aromatic N) is 6. The van der Waals surface area contributed by atoms with Crippen LogP contribution in [0.2, 0.25) is 0 Å². The molecule has 180 valence electrons. The summed E-state index contributed by atoms with van der Waals surface area (Å²) in [7, 11) is 1.97. The third kappa shape index (κ3) is 5.98. The number of amides is 1. The smallest absolute Gasteiger partial charge is 0.414 e. The summed E-state index contributed by atoms with van der Waals surface area (Å²) >= 11 is 0. The minimum Gasteiger partial charge on any atom is -0.442 e. The molecule has 1 aromatic heterocycles. The summed E-state index contributed by atoms with van der Waals surface area (Å²) < 4.78 is 27.2. The Morgan fingerprint density at radius 2 is 2.09 bits per heavy atom. The fourth-order valence-corrected chi connectivity index (χ4v) is 4.12. The Hall–Kier alpha value is -2.76. The van der Waals surface area contributed by atoms with Crippen LogP contribution in [0.4, 0.5) is 20.6 Å². The number of aliphatic hydroxyl groups excluding tert-OH is 1. The lowest BCUT2D eigenvalue weighted by Gasteiger charge is -2.29. The van der Waals surface area contributed by atoms with E-state index in [9.17, 15) is 9.18 Å². The summed E-state index contributed by atoms with van der Waals surface area (Å²) in [6.45, 7) is 4.79. The predicted octanol–water partition coefficient (Wildman–Crippen LogP) is 1.14. The molecular weight excluding hydrogens is 431 g/mol. The molecule has 2 aliphatic rings. The summed E-state index contributed by atoms with van der Waals surface area (Å²) in [6.07, 6.45) is 2.66. The van der Waals surface area contributed by atoms with Crippen LogP contribution in [-0.2, 0) is 22.4 Å². The third-order valence-corrected chi connectivity index (χ3v) is 5.90. The van der Waals surface area contributed by atoms with Crippen LogP contribution in [0.5, 0.6) is 0 Å². The maximum absolute atomic E-state index is 14.8. The molecule has 2 saturated heterocycles. The van der Waals surface area contributed by atoms with Gasteiger partial charge in [-0.2, -0.15) is 0 Å². The van der Waals surface area contributed by atoms with Crippen LogP contribution < -0.4 is 9.80 Å². The largest absolute Gasteiger partial charge is 0.442 e. The Balaban J connectivity index is 1.30. The van der Waals surface area contributed by atoms with Gasteiger partial charge in [-0.25, -0.2) is 13.9 Å². The lowest BCUT2D eigenvalue weighted by molar-refractivity contribution is 0.122. The number of hydrogen-bond acceptors (Lipinski definition) is 8. The normalized spacial score (nSPS) is 18.9. The zero-order valence-corrected chi connectivity index (χ0v) is 18.9. The van der Waals surface area contributed by atoms with Crippen molar-refractivity contribution >= 4 is 17.5 Å². The quantitative estimate of drug-likeness (QED) is 0.562. The first kappa shape index (κ1) is 23.4. The topological polar surface area (TPSA) is 96.2 Å². The van der Waals surface area contributed by atoms with Gasteiger partial charge < -0.3 is 24.4 Å². The highest BCUT2D eigenvalue weighted by Gasteiger charge is 2.33. The SMILES string of the molecule is CN(CCO)CCCc1cn(CC2CN(c3ccc(N4CCOCC4)c(F)c3)C(=O)O2)nn1. The van der Waals surface area contributed by atoms with E-state index in [0.717, 1.165) is 25.1 Å². The first-order chi connectivity index (χ1) is 16.0. The molecule has 1 atom stereocenters. The van der Waals surface area contributed by atoms with Gasteiger partial charge in [0.15, 0.2) is 0 Å². The minimum absolute atomic E-state index is 0.147. The van der Waals surface area contributed by atoms with E-state index in [2.05, 4.69) is 15.2 Å². The molecule has 4 rings (SSSR count). The van der Waals surface area contributed by atoms with Crippen molar-refractivity contribution in [1.82, 2.24) is 19.9 Å². The fraction of sp³-hybridized carbons (Fsp3) is 0.591. The number of halogens is 1.